The molecule has 1 amide bonds. The van der Waals surface area contributed by atoms with Gasteiger partial charge in [0.25, 0.3) is 5.91 Å². The molecule has 0 radical (unpaired) electrons. The first-order valence-corrected chi connectivity index (χ1v) is 10.8. The van der Waals surface area contributed by atoms with Gasteiger partial charge in [0.1, 0.15) is 16.9 Å². The number of carbonyl (C=O) groups excluding carboxylic acids is 2. The molecule has 0 unspecified atom stereocenters. The predicted molar refractivity (Wildman–Crippen MR) is 130 cm³/mol. The molecule has 0 aliphatic carbocycles. The molecule has 34 heavy (non-hydrogen) atoms. The normalized spacial score (nSPS) is 10.9. The van der Waals surface area contributed by atoms with E-state index in [0.29, 0.717) is 39.8 Å². The molecule has 4 aromatic rings. The van der Waals surface area contributed by atoms with Crippen molar-refractivity contribution in [2.45, 2.75) is 20.4 Å². The molecule has 0 aliphatic rings. The van der Waals surface area contributed by atoms with Crippen molar-refractivity contribution in [1.82, 2.24) is 9.55 Å². The average molecular weight is 460 g/mol. The molecule has 0 saturated carbocycles. The van der Waals surface area contributed by atoms with Crippen LogP contribution in [0, 0.1) is 0 Å². The van der Waals surface area contributed by atoms with Crippen molar-refractivity contribution in [2.24, 2.45) is 0 Å². The number of pyridine rings is 2. The quantitative estimate of drug-likeness (QED) is 0.421. The third-order valence-electron chi connectivity index (χ3n) is 5.54. The molecule has 3 N–H and O–H groups in total. The lowest BCUT2D eigenvalue weighted by molar-refractivity contribution is 0.0527. The van der Waals surface area contributed by atoms with E-state index in [2.05, 4.69) is 10.3 Å². The molecule has 2 aromatic heterocycles. The standard InChI is InChI=1S/C25H24N4O5/c1-4-29-13-19(23(30)17-11-15(33-3)7-9-21(17)29)24(31)28-14-6-8-20-16(10-14)22(26)18(12-27-20)25(32)34-5-2/h6-13H,4-5H2,1-3H3,(H2,26,27)(H,28,31). The molecule has 0 aliphatic heterocycles. The van der Waals surface area contributed by atoms with E-state index in [1.807, 2.05) is 11.5 Å². The van der Waals surface area contributed by atoms with Gasteiger partial charge in [-0.25, -0.2) is 4.79 Å². The van der Waals surface area contributed by atoms with E-state index in [1.165, 1.54) is 13.3 Å². The van der Waals surface area contributed by atoms with Gasteiger partial charge in [-0.15, -0.1) is 0 Å². The maximum atomic E-state index is 13.1. The van der Waals surface area contributed by atoms with E-state index < -0.39 is 17.3 Å². The molecule has 0 atom stereocenters. The van der Waals surface area contributed by atoms with Gasteiger partial charge >= 0.3 is 5.97 Å². The Morgan fingerprint density at radius 2 is 1.88 bits per heavy atom. The Balaban J connectivity index is 1.74. The highest BCUT2D eigenvalue weighted by Gasteiger charge is 2.18. The van der Waals surface area contributed by atoms with Crippen LogP contribution < -0.4 is 21.2 Å². The minimum Gasteiger partial charge on any atom is -0.497 e. The Labute approximate surface area is 195 Å². The van der Waals surface area contributed by atoms with Crippen LogP contribution in [-0.4, -0.2) is 35.1 Å². The van der Waals surface area contributed by atoms with E-state index >= 15 is 0 Å². The summed E-state index contributed by atoms with van der Waals surface area (Å²) in [6.07, 6.45) is 2.91. The molecular weight excluding hydrogens is 436 g/mol. The fourth-order valence-electron chi connectivity index (χ4n) is 3.79. The third-order valence-corrected chi connectivity index (χ3v) is 5.54. The maximum absolute atomic E-state index is 13.1. The Morgan fingerprint density at radius 1 is 1.09 bits per heavy atom. The molecule has 0 spiro atoms. The number of amides is 1. The average Bonchev–Trinajstić information content (AvgIpc) is 2.84. The number of nitrogens with two attached hydrogens (primary N) is 1. The minimum absolute atomic E-state index is 0.00549. The van der Waals surface area contributed by atoms with Crippen LogP contribution in [0.5, 0.6) is 5.75 Å². The number of rotatable bonds is 6. The number of anilines is 2. The lowest BCUT2D eigenvalue weighted by Crippen LogP contribution is -2.24. The highest BCUT2D eigenvalue weighted by Crippen LogP contribution is 2.27. The van der Waals surface area contributed by atoms with Crippen LogP contribution in [-0.2, 0) is 11.3 Å². The van der Waals surface area contributed by atoms with Crippen molar-refractivity contribution >= 4 is 45.1 Å². The number of aromatic nitrogens is 2. The fourth-order valence-corrected chi connectivity index (χ4v) is 3.79. The van der Waals surface area contributed by atoms with Crippen LogP contribution in [0.1, 0.15) is 34.6 Å². The summed E-state index contributed by atoms with van der Waals surface area (Å²) in [4.78, 5) is 42.6. The second-order valence-corrected chi connectivity index (χ2v) is 7.53. The second kappa shape index (κ2) is 9.22. The number of fused-ring (bicyclic) bond motifs is 2. The summed E-state index contributed by atoms with van der Waals surface area (Å²) in [5.41, 5.74) is 7.80. The number of ether oxygens (including phenoxy) is 2. The SMILES string of the molecule is CCOC(=O)c1cnc2ccc(NC(=O)c3cn(CC)c4ccc(OC)cc4c3=O)cc2c1N. The monoisotopic (exact) mass is 460 g/mol. The number of aryl methyl sites for hydroxylation is 1. The van der Waals surface area contributed by atoms with Crippen LogP contribution >= 0.6 is 0 Å². The Bertz CT molecular complexity index is 1490. The fraction of sp³-hybridized carbons (Fsp3) is 0.200. The Kier molecular flexibility index (Phi) is 6.18. The van der Waals surface area contributed by atoms with Crippen molar-refractivity contribution in [2.75, 3.05) is 24.8 Å². The smallest absolute Gasteiger partial charge is 0.341 e. The largest absolute Gasteiger partial charge is 0.497 e. The zero-order chi connectivity index (χ0) is 24.4. The summed E-state index contributed by atoms with van der Waals surface area (Å²) in [5.74, 6) is -0.611. The molecule has 9 heteroatoms. The first-order chi connectivity index (χ1) is 16.4. The number of methoxy groups -OCH3 is 1. The van der Waals surface area contributed by atoms with E-state index in [9.17, 15) is 14.4 Å². The number of esters is 1. The summed E-state index contributed by atoms with van der Waals surface area (Å²) in [7, 11) is 1.52. The number of nitrogens with one attached hydrogen (secondary N) is 1. The Morgan fingerprint density at radius 3 is 2.59 bits per heavy atom. The van der Waals surface area contributed by atoms with Gasteiger partial charge in [0.15, 0.2) is 0 Å². The minimum atomic E-state index is -0.574. The van der Waals surface area contributed by atoms with E-state index in [1.54, 1.807) is 49.5 Å². The summed E-state index contributed by atoms with van der Waals surface area (Å²) in [6, 6.07) is 10.1. The summed E-state index contributed by atoms with van der Waals surface area (Å²) in [5, 5.41) is 3.63. The van der Waals surface area contributed by atoms with Crippen molar-refractivity contribution in [1.29, 1.82) is 0 Å². The van der Waals surface area contributed by atoms with Gasteiger partial charge in [0.2, 0.25) is 5.43 Å². The number of nitrogens with zero attached hydrogens (tertiary/aromatic N) is 2. The number of nitrogen functional groups attached to an aromatic ring is 1. The molecular formula is C25H24N4O5. The molecule has 0 saturated heterocycles. The van der Waals surface area contributed by atoms with Crippen LogP contribution in [0.2, 0.25) is 0 Å². The van der Waals surface area contributed by atoms with E-state index in [-0.39, 0.29) is 23.4 Å². The van der Waals surface area contributed by atoms with E-state index in [4.69, 9.17) is 15.2 Å². The van der Waals surface area contributed by atoms with Crippen LogP contribution in [0.25, 0.3) is 21.8 Å². The van der Waals surface area contributed by atoms with Crippen molar-refractivity contribution in [3.8, 4) is 5.75 Å². The molecule has 2 aromatic carbocycles. The van der Waals surface area contributed by atoms with Gasteiger partial charge in [0.05, 0.1) is 35.8 Å². The second-order valence-electron chi connectivity index (χ2n) is 7.53. The number of hydrogen-bond acceptors (Lipinski definition) is 7. The highest BCUT2D eigenvalue weighted by atomic mass is 16.5. The highest BCUT2D eigenvalue weighted by molar-refractivity contribution is 6.08. The topological polar surface area (TPSA) is 126 Å². The summed E-state index contributed by atoms with van der Waals surface area (Å²) < 4.78 is 12.1. The predicted octanol–water partition coefficient (Wildman–Crippen LogP) is 3.59. The van der Waals surface area contributed by atoms with Crippen molar-refractivity contribution < 1.29 is 19.1 Å². The van der Waals surface area contributed by atoms with Gasteiger partial charge in [-0.05, 0) is 50.2 Å². The maximum Gasteiger partial charge on any atom is 0.341 e. The number of hydrogen-bond donors (Lipinski definition) is 2. The zero-order valence-electron chi connectivity index (χ0n) is 19.0. The van der Waals surface area contributed by atoms with Gasteiger partial charge in [0, 0.05) is 30.0 Å². The van der Waals surface area contributed by atoms with Gasteiger partial charge < -0.3 is 25.1 Å². The van der Waals surface area contributed by atoms with E-state index in [0.717, 1.165) is 0 Å². The summed E-state index contributed by atoms with van der Waals surface area (Å²) >= 11 is 0. The molecule has 0 fully saturated rings. The molecule has 0 bridgehead atoms. The third kappa shape index (κ3) is 4.03. The van der Waals surface area contributed by atoms with Crippen LogP contribution in [0.4, 0.5) is 11.4 Å². The first kappa shape index (κ1) is 22.8. The number of benzene rings is 2. The molecule has 174 valence electrons. The number of carbonyl (C=O) groups is 2. The lowest BCUT2D eigenvalue weighted by atomic mass is 10.1. The lowest BCUT2D eigenvalue weighted by Gasteiger charge is -2.13. The van der Waals surface area contributed by atoms with Crippen LogP contribution in [0.15, 0.2) is 53.6 Å². The van der Waals surface area contributed by atoms with Gasteiger partial charge in [-0.2, -0.15) is 0 Å². The molecule has 9 nitrogen and oxygen atoms in total. The molecule has 2 heterocycles. The van der Waals surface area contributed by atoms with Crippen LogP contribution in [0.3, 0.4) is 0 Å². The summed E-state index contributed by atoms with van der Waals surface area (Å²) in [6.45, 7) is 4.40. The van der Waals surface area contributed by atoms with Gasteiger partial charge in [-0.3, -0.25) is 14.6 Å². The zero-order valence-corrected chi connectivity index (χ0v) is 19.0. The van der Waals surface area contributed by atoms with Gasteiger partial charge in [-0.1, -0.05) is 0 Å². The van der Waals surface area contributed by atoms with Crippen molar-refractivity contribution in [3.05, 3.63) is 70.1 Å². The van der Waals surface area contributed by atoms with Crippen molar-refractivity contribution in [3.63, 3.8) is 0 Å². The molecule has 4 rings (SSSR count). The first-order valence-electron chi connectivity index (χ1n) is 10.8. The Hall–Kier alpha value is -4.40.